The summed E-state index contributed by atoms with van der Waals surface area (Å²) in [6.07, 6.45) is -2.12. The van der Waals surface area contributed by atoms with Gasteiger partial charge in [0, 0.05) is 56.2 Å². The number of rotatable bonds is 38. The first-order chi connectivity index (χ1) is 34.5. The molecule has 0 aromatic heterocycles. The second-order valence-electron chi connectivity index (χ2n) is 15.7. The van der Waals surface area contributed by atoms with E-state index in [0.29, 0.717) is 26.4 Å². The standard InChI is InChI=1S/C46H63N5O19P2/c52-39(47-19-15-42(55)51-31-34-7-2-1-5-32(34)9-10-33-6-3-4-8-38(33)51)17-20-65-23-25-67-27-29-69-30-28-68-26-24-66-21-18-41(54)48-35(44(58)59)11-13-40(53)49-36(45(60)61)16-22-70-72(64,71)50-37(46(62)63)12-14-43(56)57/h1-8,35-37,50,64,71H,11-31H2,(H,47,52)(H,48,54)(H,49,53)(H,56,57)(H,58,59)(H,60,61)(H,62,63)/t35-,36?,37?,72?/m1/s1. The van der Waals surface area contributed by atoms with Crippen LogP contribution in [0.25, 0.3) is 0 Å². The normalized spacial score (nSPS) is 13.8. The van der Waals surface area contributed by atoms with Crippen LogP contribution in [0.1, 0.15) is 68.1 Å². The summed E-state index contributed by atoms with van der Waals surface area (Å²) in [5.74, 6) is -1.17. The van der Waals surface area contributed by atoms with Crippen molar-refractivity contribution in [2.45, 2.75) is 76.0 Å². The predicted molar refractivity (Wildman–Crippen MR) is 259 cm³/mol. The second-order valence-corrected chi connectivity index (χ2v) is 19.2. The maximum atomic E-state index is 13.3. The van der Waals surface area contributed by atoms with E-state index < -0.39 is 86.8 Å². The molecule has 1 aliphatic rings. The molecule has 26 heteroatoms. The summed E-state index contributed by atoms with van der Waals surface area (Å²) in [5, 5.41) is 46.6. The van der Waals surface area contributed by atoms with Crippen molar-refractivity contribution < 1.29 is 91.9 Å². The number of amides is 4. The van der Waals surface area contributed by atoms with E-state index in [1.54, 1.807) is 4.90 Å². The van der Waals surface area contributed by atoms with Gasteiger partial charge >= 0.3 is 23.9 Å². The minimum Gasteiger partial charge on any atom is -0.481 e. The highest BCUT2D eigenvalue weighted by atomic mass is 31.8. The summed E-state index contributed by atoms with van der Waals surface area (Å²) < 4.78 is 32.3. The Hall–Kier alpha value is -5.83. The van der Waals surface area contributed by atoms with Crippen molar-refractivity contribution >= 4 is 68.9 Å². The Morgan fingerprint density at radius 1 is 0.569 bits per heavy atom. The highest BCUT2D eigenvalue weighted by Gasteiger charge is 2.28. The number of hydrogen-bond donors (Lipinski definition) is 9. The molecule has 0 radical (unpaired) electrons. The minimum atomic E-state index is -3.79. The zero-order valence-corrected chi connectivity index (χ0v) is 41.4. The maximum absolute atomic E-state index is 13.3. The van der Waals surface area contributed by atoms with Crippen LogP contribution in [0.15, 0.2) is 48.5 Å². The molecule has 1 aliphatic heterocycles. The van der Waals surface area contributed by atoms with Crippen LogP contribution in [-0.2, 0) is 73.1 Å². The molecule has 0 aliphatic carbocycles. The second kappa shape index (κ2) is 33.8. The third-order valence-electron chi connectivity index (χ3n) is 10.2. The molecular formula is C46H63N5O19P2. The van der Waals surface area contributed by atoms with Crippen molar-refractivity contribution in [3.8, 4) is 11.8 Å². The van der Waals surface area contributed by atoms with Crippen molar-refractivity contribution in [2.24, 2.45) is 0 Å². The van der Waals surface area contributed by atoms with E-state index in [1.165, 1.54) is 0 Å². The van der Waals surface area contributed by atoms with Crippen molar-refractivity contribution in [3.63, 3.8) is 0 Å². The number of para-hydroxylation sites is 1. The molecule has 24 nitrogen and oxygen atoms in total. The van der Waals surface area contributed by atoms with Gasteiger partial charge in [0.1, 0.15) is 18.1 Å². The number of nitrogens with one attached hydrogen (secondary N) is 4. The van der Waals surface area contributed by atoms with Gasteiger partial charge < -0.3 is 74.4 Å². The fourth-order valence-corrected chi connectivity index (χ4v) is 8.28. The molecule has 2 aromatic carbocycles. The summed E-state index contributed by atoms with van der Waals surface area (Å²) in [5.41, 5.74) is 3.31. The lowest BCUT2D eigenvalue weighted by Crippen LogP contribution is -2.44. The van der Waals surface area contributed by atoms with Crippen LogP contribution < -0.4 is 25.9 Å². The fourth-order valence-electron chi connectivity index (χ4n) is 6.44. The van der Waals surface area contributed by atoms with E-state index in [4.69, 9.17) is 33.3 Å². The van der Waals surface area contributed by atoms with Gasteiger partial charge in [-0.2, -0.15) is 0 Å². The zero-order chi connectivity index (χ0) is 52.7. The van der Waals surface area contributed by atoms with Gasteiger partial charge in [0.05, 0.1) is 84.9 Å². The molecule has 0 bridgehead atoms. The summed E-state index contributed by atoms with van der Waals surface area (Å²) >= 11 is 0. The number of nitrogens with zero attached hydrogens (tertiary/aromatic N) is 1. The van der Waals surface area contributed by atoms with Crippen LogP contribution in [0.3, 0.4) is 0 Å². The van der Waals surface area contributed by atoms with Crippen LogP contribution >= 0.6 is 15.7 Å². The molecule has 0 spiro atoms. The molecule has 396 valence electrons. The van der Waals surface area contributed by atoms with E-state index in [9.17, 15) is 58.6 Å². The molecule has 4 atom stereocenters. The smallest absolute Gasteiger partial charge is 0.326 e. The molecule has 0 saturated heterocycles. The Morgan fingerprint density at radius 2 is 1.04 bits per heavy atom. The molecule has 3 unspecified atom stereocenters. The SMILES string of the molecule is O=C(O)CCC(NP(O)(=P)OCCC(NC(=O)CC[C@@H](NC(=O)CCOCCOCCOCCOCCOCCC(=O)NCCC(=O)N1Cc2ccccc2C#Cc2ccccc21)C(=O)O)C(=O)O)C(=O)O. The van der Waals surface area contributed by atoms with Gasteiger partial charge in [0.15, 0.2) is 0 Å². The van der Waals surface area contributed by atoms with E-state index in [2.05, 4.69) is 41.4 Å². The first-order valence-electron chi connectivity index (χ1n) is 22.9. The fraction of sp³-hybridized carbons (Fsp3) is 0.522. The molecule has 2 aromatic rings. The molecule has 4 amide bonds. The van der Waals surface area contributed by atoms with Crippen LogP contribution in [0.5, 0.6) is 0 Å². The summed E-state index contributed by atoms with van der Waals surface area (Å²) in [6, 6.07) is 10.7. The number of ether oxygens (including phenoxy) is 5. The van der Waals surface area contributed by atoms with E-state index in [1.807, 2.05) is 48.5 Å². The quantitative estimate of drug-likeness (QED) is 0.0260. The first-order valence-corrected chi connectivity index (χ1v) is 25.9. The van der Waals surface area contributed by atoms with Gasteiger partial charge in [-0.25, -0.2) is 14.7 Å². The number of carboxylic acids is 4. The van der Waals surface area contributed by atoms with Gasteiger partial charge in [-0.3, -0.25) is 28.8 Å². The Kier molecular flexibility index (Phi) is 28.3. The molecular weight excluding hydrogens is 988 g/mol. The lowest BCUT2D eigenvalue weighted by Gasteiger charge is -2.26. The summed E-state index contributed by atoms with van der Waals surface area (Å²) in [7, 11) is -0.933. The van der Waals surface area contributed by atoms with Gasteiger partial charge in [-0.05, 0) is 36.6 Å². The average Bonchev–Trinajstić information content (AvgIpc) is 3.32. The van der Waals surface area contributed by atoms with Crippen molar-refractivity contribution in [1.82, 2.24) is 21.0 Å². The molecule has 9 N–H and O–H groups in total. The van der Waals surface area contributed by atoms with Crippen LogP contribution in [0, 0.1) is 11.8 Å². The third-order valence-corrected chi connectivity index (χ3v) is 12.1. The topological polar surface area (TPSA) is 344 Å². The van der Waals surface area contributed by atoms with Crippen LogP contribution in [-0.4, -0.2) is 170 Å². The van der Waals surface area contributed by atoms with Gasteiger partial charge in [0.25, 0.3) is 0 Å². The Bertz CT molecular complexity index is 2240. The molecule has 72 heavy (non-hydrogen) atoms. The Labute approximate surface area is 418 Å². The number of anilines is 1. The number of carbonyl (C=O) groups is 8. The van der Waals surface area contributed by atoms with Crippen molar-refractivity contribution in [2.75, 3.05) is 84.1 Å². The minimum absolute atomic E-state index is 0.0553. The summed E-state index contributed by atoms with van der Waals surface area (Å²) in [4.78, 5) is 108. The Morgan fingerprint density at radius 3 is 1.61 bits per heavy atom. The number of fused-ring (bicyclic) bond motifs is 2. The van der Waals surface area contributed by atoms with Crippen molar-refractivity contribution in [1.29, 1.82) is 0 Å². The predicted octanol–water partition coefficient (Wildman–Crippen LogP) is 1.35. The molecule has 0 fully saturated rings. The van der Waals surface area contributed by atoms with Crippen LogP contribution in [0.2, 0.25) is 0 Å². The first kappa shape index (κ1) is 60.5. The monoisotopic (exact) mass is 1050 g/mol. The van der Waals surface area contributed by atoms with Crippen LogP contribution in [0.4, 0.5) is 5.69 Å². The van der Waals surface area contributed by atoms with Gasteiger partial charge in [-0.15, -0.1) is 0 Å². The van der Waals surface area contributed by atoms with E-state index in [0.717, 1.165) is 22.4 Å². The maximum Gasteiger partial charge on any atom is 0.326 e. The van der Waals surface area contributed by atoms with Gasteiger partial charge in [-0.1, -0.05) is 50.7 Å². The number of carboxylic acid groups (broad SMARTS) is 4. The molecule has 3 rings (SSSR count). The highest BCUT2D eigenvalue weighted by molar-refractivity contribution is 7.90. The van der Waals surface area contributed by atoms with Crippen molar-refractivity contribution in [3.05, 3.63) is 65.2 Å². The van der Waals surface area contributed by atoms with Gasteiger partial charge in [0.2, 0.25) is 30.8 Å². The Balaban J connectivity index is 1.14. The molecule has 1 heterocycles. The number of aliphatic carboxylic acids is 4. The number of carbonyl (C=O) groups excluding carboxylic acids is 4. The number of hydrogen-bond acceptors (Lipinski definition) is 14. The number of benzene rings is 2. The lowest BCUT2D eigenvalue weighted by molar-refractivity contribution is -0.143. The molecule has 0 saturated carbocycles. The van der Waals surface area contributed by atoms with E-state index in [-0.39, 0.29) is 96.7 Å². The third kappa shape index (κ3) is 25.0. The lowest BCUT2D eigenvalue weighted by atomic mass is 10.0. The zero-order valence-electron chi connectivity index (χ0n) is 39.5. The summed E-state index contributed by atoms with van der Waals surface area (Å²) in [6.45, 7) is 2.27. The largest absolute Gasteiger partial charge is 0.481 e. The van der Waals surface area contributed by atoms with E-state index >= 15 is 0 Å². The average molecular weight is 1050 g/mol. The highest BCUT2D eigenvalue weighted by Crippen LogP contribution is 2.44.